The van der Waals surface area contributed by atoms with E-state index >= 15 is 0 Å². The van der Waals surface area contributed by atoms with Crippen molar-refractivity contribution in [2.45, 2.75) is 50.5 Å². The predicted octanol–water partition coefficient (Wildman–Crippen LogP) is 2.42. The molecule has 3 saturated carbocycles. The monoisotopic (exact) mass is 458 g/mol. The van der Waals surface area contributed by atoms with Crippen molar-refractivity contribution >= 4 is 28.5 Å². The lowest BCUT2D eigenvalue weighted by Crippen LogP contribution is -2.60. The van der Waals surface area contributed by atoms with Crippen molar-refractivity contribution in [2.75, 3.05) is 13.1 Å². The maximum atomic E-state index is 13.3. The summed E-state index contributed by atoms with van der Waals surface area (Å²) in [5.74, 6) is 0.345. The Morgan fingerprint density at radius 3 is 2.56 bits per heavy atom. The number of fused-ring (bicyclic) bond motifs is 2. The number of aromatic amines is 1. The normalized spacial score (nSPS) is 26.8. The van der Waals surface area contributed by atoms with Crippen LogP contribution < -0.4 is 5.73 Å². The molecule has 1 spiro atoms. The van der Waals surface area contributed by atoms with Gasteiger partial charge in [0.25, 0.3) is 11.8 Å². The first-order valence-corrected chi connectivity index (χ1v) is 12.0. The number of Topliss-reactive ketones (excluding diaryl/α,β-unsaturated/α-hetero) is 1. The van der Waals surface area contributed by atoms with Crippen molar-refractivity contribution in [2.24, 2.45) is 17.1 Å². The summed E-state index contributed by atoms with van der Waals surface area (Å²) in [7, 11) is 0. The van der Waals surface area contributed by atoms with Gasteiger partial charge in [-0.15, -0.1) is 0 Å². The molecule has 0 unspecified atom stereocenters. The number of hydrogen-bond donors (Lipinski definition) is 2. The Hall–Kier alpha value is -3.49. The first kappa shape index (κ1) is 19.9. The summed E-state index contributed by atoms with van der Waals surface area (Å²) in [4.78, 5) is 40.0. The Morgan fingerprint density at radius 2 is 1.88 bits per heavy atom. The van der Waals surface area contributed by atoms with Crippen LogP contribution in [0.3, 0.4) is 0 Å². The second kappa shape index (κ2) is 6.55. The molecule has 4 aliphatic carbocycles. The van der Waals surface area contributed by atoms with Crippen LogP contribution in [0.15, 0.2) is 24.4 Å². The third-order valence-corrected chi connectivity index (χ3v) is 8.82. The number of carbonyl (C=O) groups excluding carboxylic acids is 3. The minimum absolute atomic E-state index is 0.0763. The number of rotatable bonds is 3. The molecule has 9 nitrogen and oxygen atoms in total. The number of nitrogens with zero attached hydrogens (tertiary/aromatic N) is 4. The standard InChI is InChI=1S/C25H26N6O3/c26-22(33)20-17-7-15(1-2-18(17)28-29-20)23(34)30-5-3-24(4-6-30)11-16-13-27-31(21(16)19(32)12-24)25-8-14(9-25)10-25/h1-2,7,13-14H,3-6,8-12H2,(H2,26,33)(H,28,29). The zero-order valence-corrected chi connectivity index (χ0v) is 18.8. The SMILES string of the molecule is NC(=O)c1n[nH]c2ccc(C(=O)N3CCC4(CC3)CC(=O)c3c(cnn3C35CC(C3)C5)C4)cc12. The van der Waals surface area contributed by atoms with E-state index in [-0.39, 0.29) is 28.3 Å². The average molecular weight is 459 g/mol. The molecule has 3 aromatic rings. The molecule has 2 amide bonds. The molecule has 0 radical (unpaired) electrons. The highest BCUT2D eigenvalue weighted by Gasteiger charge is 2.60. The molecule has 3 heterocycles. The molecule has 1 saturated heterocycles. The van der Waals surface area contributed by atoms with E-state index in [1.807, 2.05) is 11.1 Å². The van der Waals surface area contributed by atoms with Crippen LogP contribution in [0.1, 0.15) is 75.4 Å². The van der Waals surface area contributed by atoms with Crippen molar-refractivity contribution < 1.29 is 14.4 Å². The highest BCUT2D eigenvalue weighted by Crippen LogP contribution is 2.62. The van der Waals surface area contributed by atoms with Gasteiger partial charge in [-0.25, -0.2) is 0 Å². The fourth-order valence-electron chi connectivity index (χ4n) is 6.81. The van der Waals surface area contributed by atoms with Gasteiger partial charge < -0.3 is 10.6 Å². The number of aromatic nitrogens is 4. The highest BCUT2D eigenvalue weighted by atomic mass is 16.2. The minimum Gasteiger partial charge on any atom is -0.364 e. The molecule has 2 bridgehead atoms. The van der Waals surface area contributed by atoms with E-state index in [1.165, 1.54) is 19.3 Å². The molecule has 5 aliphatic rings. The van der Waals surface area contributed by atoms with Crippen molar-refractivity contribution in [1.82, 2.24) is 24.9 Å². The molecule has 9 heteroatoms. The fraction of sp³-hybridized carbons (Fsp3) is 0.480. The number of primary amides is 1. The third-order valence-electron chi connectivity index (χ3n) is 8.82. The van der Waals surface area contributed by atoms with Crippen LogP contribution in [0.2, 0.25) is 0 Å². The summed E-state index contributed by atoms with van der Waals surface area (Å²) in [5.41, 5.74) is 8.68. The molecule has 8 rings (SSSR count). The zero-order chi connectivity index (χ0) is 23.2. The molecule has 2 aromatic heterocycles. The van der Waals surface area contributed by atoms with E-state index < -0.39 is 5.91 Å². The summed E-state index contributed by atoms with van der Waals surface area (Å²) in [6.07, 6.45) is 8.41. The Kier molecular flexibility index (Phi) is 3.84. The number of carbonyl (C=O) groups is 3. The maximum absolute atomic E-state index is 13.3. The topological polar surface area (TPSA) is 127 Å². The second-order valence-corrected chi connectivity index (χ2v) is 10.9. The van der Waals surface area contributed by atoms with Gasteiger partial charge >= 0.3 is 0 Å². The van der Waals surface area contributed by atoms with Gasteiger partial charge in [-0.3, -0.25) is 24.2 Å². The second-order valence-electron chi connectivity index (χ2n) is 10.9. The number of nitrogens with one attached hydrogen (secondary N) is 1. The minimum atomic E-state index is -0.630. The van der Waals surface area contributed by atoms with E-state index in [1.54, 1.807) is 18.2 Å². The molecule has 1 aromatic carbocycles. The molecule has 4 fully saturated rings. The van der Waals surface area contributed by atoms with E-state index in [2.05, 4.69) is 20.0 Å². The van der Waals surface area contributed by atoms with E-state index in [9.17, 15) is 14.4 Å². The fourth-order valence-corrected chi connectivity index (χ4v) is 6.81. The van der Waals surface area contributed by atoms with Crippen LogP contribution in [0.4, 0.5) is 0 Å². The number of hydrogen-bond acceptors (Lipinski definition) is 5. The first-order valence-electron chi connectivity index (χ1n) is 12.0. The maximum Gasteiger partial charge on any atom is 0.269 e. The van der Waals surface area contributed by atoms with E-state index in [4.69, 9.17) is 5.73 Å². The number of benzene rings is 1. The Labute approximate surface area is 195 Å². The quantitative estimate of drug-likeness (QED) is 0.623. The van der Waals surface area contributed by atoms with Crippen LogP contribution in [0.5, 0.6) is 0 Å². The largest absolute Gasteiger partial charge is 0.364 e. The number of amides is 2. The van der Waals surface area contributed by atoms with Gasteiger partial charge in [0.1, 0.15) is 5.69 Å². The van der Waals surface area contributed by atoms with Gasteiger partial charge in [-0.05, 0) is 68.1 Å². The smallest absolute Gasteiger partial charge is 0.269 e. The number of ketones is 1. The van der Waals surface area contributed by atoms with Crippen molar-refractivity contribution in [3.05, 3.63) is 46.9 Å². The summed E-state index contributed by atoms with van der Waals surface area (Å²) < 4.78 is 2.06. The van der Waals surface area contributed by atoms with Crippen LogP contribution in [-0.2, 0) is 12.0 Å². The molecular weight excluding hydrogens is 432 g/mol. The summed E-state index contributed by atoms with van der Waals surface area (Å²) in [6, 6.07) is 5.17. The molecule has 3 N–H and O–H groups in total. The third kappa shape index (κ3) is 2.63. The van der Waals surface area contributed by atoms with Gasteiger partial charge in [0.05, 0.1) is 17.3 Å². The van der Waals surface area contributed by atoms with Gasteiger partial charge in [0.2, 0.25) is 0 Å². The summed E-state index contributed by atoms with van der Waals surface area (Å²) >= 11 is 0. The van der Waals surface area contributed by atoms with Gasteiger partial charge in [-0.1, -0.05) is 0 Å². The number of piperidine rings is 1. The van der Waals surface area contributed by atoms with Crippen molar-refractivity contribution in [1.29, 1.82) is 0 Å². The summed E-state index contributed by atoms with van der Waals surface area (Å²) in [5, 5.41) is 12.0. The number of likely N-dealkylation sites (tertiary alicyclic amines) is 1. The van der Waals surface area contributed by atoms with Crippen molar-refractivity contribution in [3.8, 4) is 0 Å². The zero-order valence-electron chi connectivity index (χ0n) is 18.8. The Bertz CT molecular complexity index is 1380. The first-order chi connectivity index (χ1) is 16.4. The van der Waals surface area contributed by atoms with Crippen LogP contribution in [0, 0.1) is 11.3 Å². The lowest BCUT2D eigenvalue weighted by Gasteiger charge is -2.61. The highest BCUT2D eigenvalue weighted by molar-refractivity contribution is 6.06. The lowest BCUT2D eigenvalue weighted by molar-refractivity contribution is -0.0990. The molecule has 174 valence electrons. The molecule has 0 atom stereocenters. The average Bonchev–Trinajstić information content (AvgIpc) is 3.36. The van der Waals surface area contributed by atoms with Crippen LogP contribution in [-0.4, -0.2) is 55.6 Å². The van der Waals surface area contributed by atoms with Gasteiger partial charge in [0, 0.05) is 36.0 Å². The van der Waals surface area contributed by atoms with Crippen LogP contribution >= 0.6 is 0 Å². The lowest BCUT2D eigenvalue weighted by atomic mass is 9.50. The van der Waals surface area contributed by atoms with E-state index in [0.717, 1.165) is 36.4 Å². The van der Waals surface area contributed by atoms with Gasteiger partial charge in [-0.2, -0.15) is 10.2 Å². The molecule has 1 aliphatic heterocycles. The van der Waals surface area contributed by atoms with E-state index in [0.29, 0.717) is 36.0 Å². The summed E-state index contributed by atoms with van der Waals surface area (Å²) in [6.45, 7) is 1.21. The molecule has 34 heavy (non-hydrogen) atoms. The number of H-pyrrole nitrogens is 1. The number of nitrogens with two attached hydrogens (primary N) is 1. The van der Waals surface area contributed by atoms with Crippen LogP contribution in [0.25, 0.3) is 10.9 Å². The van der Waals surface area contributed by atoms with Gasteiger partial charge in [0.15, 0.2) is 11.5 Å². The van der Waals surface area contributed by atoms with Crippen molar-refractivity contribution in [3.63, 3.8) is 0 Å². The predicted molar refractivity (Wildman–Crippen MR) is 122 cm³/mol. The Balaban J connectivity index is 1.09. The molecular formula is C25H26N6O3. The Morgan fingerprint density at radius 1 is 1.12 bits per heavy atom.